The van der Waals surface area contributed by atoms with E-state index in [0.717, 1.165) is 28.1 Å². The summed E-state index contributed by atoms with van der Waals surface area (Å²) in [7, 11) is -1.85. The van der Waals surface area contributed by atoms with Gasteiger partial charge in [0.2, 0.25) is 10.0 Å². The summed E-state index contributed by atoms with van der Waals surface area (Å²) in [5.74, 6) is 0. The molecular formula is C22H25N5O4S2. The Labute approximate surface area is 196 Å². The molecule has 3 heterocycles. The van der Waals surface area contributed by atoms with E-state index in [0.29, 0.717) is 38.4 Å². The Hall–Kier alpha value is -2.60. The lowest BCUT2D eigenvalue weighted by Gasteiger charge is -2.31. The van der Waals surface area contributed by atoms with Crippen LogP contribution in [0, 0.1) is 10.1 Å². The molecule has 2 aromatic carbocycles. The number of thiazole rings is 1. The molecule has 2 fully saturated rings. The Kier molecular flexibility index (Phi) is 5.81. The van der Waals surface area contributed by atoms with Gasteiger partial charge in [-0.2, -0.15) is 4.31 Å². The highest BCUT2D eigenvalue weighted by Crippen LogP contribution is 2.43. The molecule has 0 aliphatic carbocycles. The van der Waals surface area contributed by atoms with Crippen LogP contribution in [0.5, 0.6) is 0 Å². The number of anilines is 1. The van der Waals surface area contributed by atoms with Crippen molar-refractivity contribution in [2.45, 2.75) is 23.8 Å². The zero-order valence-electron chi connectivity index (χ0n) is 18.3. The van der Waals surface area contributed by atoms with Crippen molar-refractivity contribution < 1.29 is 13.3 Å². The Morgan fingerprint density at radius 3 is 2.58 bits per heavy atom. The molecule has 0 unspecified atom stereocenters. The number of piperazine rings is 1. The molecule has 0 saturated carbocycles. The van der Waals surface area contributed by atoms with Crippen LogP contribution in [0.2, 0.25) is 0 Å². The molecule has 9 nitrogen and oxygen atoms in total. The minimum Gasteiger partial charge on any atom is -0.357 e. The highest BCUT2D eigenvalue weighted by Gasteiger charge is 2.35. The average molecular weight is 488 g/mol. The summed E-state index contributed by atoms with van der Waals surface area (Å²) < 4.78 is 28.8. The van der Waals surface area contributed by atoms with Crippen LogP contribution in [0.15, 0.2) is 47.4 Å². The predicted molar refractivity (Wildman–Crippen MR) is 128 cm³/mol. The van der Waals surface area contributed by atoms with Crippen LogP contribution in [-0.2, 0) is 10.0 Å². The van der Waals surface area contributed by atoms with Crippen molar-refractivity contribution in [2.24, 2.45) is 0 Å². The highest BCUT2D eigenvalue weighted by molar-refractivity contribution is 7.89. The molecule has 0 spiro atoms. The van der Waals surface area contributed by atoms with E-state index >= 15 is 0 Å². The number of nitro benzene ring substituents is 1. The van der Waals surface area contributed by atoms with Crippen LogP contribution in [0.1, 0.15) is 23.9 Å². The molecule has 2 aliphatic rings. The van der Waals surface area contributed by atoms with Gasteiger partial charge in [-0.05, 0) is 44.2 Å². The number of para-hydroxylation sites is 1. The zero-order chi connectivity index (χ0) is 23.2. The number of sulfonamides is 1. The lowest BCUT2D eigenvalue weighted by Crippen LogP contribution is -2.47. The van der Waals surface area contributed by atoms with Crippen LogP contribution in [0.3, 0.4) is 0 Å². The summed E-state index contributed by atoms with van der Waals surface area (Å²) in [4.78, 5) is 20.3. The fraction of sp³-hybridized carbons (Fsp3) is 0.409. The van der Waals surface area contributed by atoms with Gasteiger partial charge in [0.05, 0.1) is 26.1 Å². The Bertz CT molecular complexity index is 1270. The molecule has 2 saturated heterocycles. The van der Waals surface area contributed by atoms with E-state index in [-0.39, 0.29) is 16.6 Å². The number of fused-ring (bicyclic) bond motifs is 1. The lowest BCUT2D eigenvalue weighted by molar-refractivity contribution is -0.384. The van der Waals surface area contributed by atoms with E-state index in [1.807, 2.05) is 36.2 Å². The van der Waals surface area contributed by atoms with Gasteiger partial charge < -0.3 is 9.80 Å². The highest BCUT2D eigenvalue weighted by atomic mass is 32.2. The lowest BCUT2D eigenvalue weighted by atomic mass is 10.2. The third-order valence-electron chi connectivity index (χ3n) is 6.40. The fourth-order valence-corrected chi connectivity index (χ4v) is 7.13. The van der Waals surface area contributed by atoms with Gasteiger partial charge in [0, 0.05) is 38.8 Å². The van der Waals surface area contributed by atoms with Crippen molar-refractivity contribution >= 4 is 43.0 Å². The Morgan fingerprint density at radius 1 is 1.09 bits per heavy atom. The first-order chi connectivity index (χ1) is 15.8. The van der Waals surface area contributed by atoms with E-state index < -0.39 is 14.9 Å². The standard InChI is InChI=1S/C22H25N5O4S2/c1-24-11-13-25(14-12-24)33(30,31)16-8-9-18(20(15-16)27(28)29)26-10-4-6-19(26)22-23-17-5-2-3-7-21(17)32-22/h2-3,5,7-9,15,19H,4,6,10-14H2,1H3/t19-/m1/s1. The molecule has 0 bridgehead atoms. The van der Waals surface area contributed by atoms with Gasteiger partial charge in [0.15, 0.2) is 0 Å². The Balaban J connectivity index is 1.49. The maximum absolute atomic E-state index is 13.1. The Morgan fingerprint density at radius 2 is 1.85 bits per heavy atom. The van der Waals surface area contributed by atoms with Gasteiger partial charge in [-0.1, -0.05) is 12.1 Å². The van der Waals surface area contributed by atoms with E-state index in [1.165, 1.54) is 16.4 Å². The minimum atomic E-state index is -3.79. The van der Waals surface area contributed by atoms with Crippen molar-refractivity contribution in [3.63, 3.8) is 0 Å². The largest absolute Gasteiger partial charge is 0.357 e. The van der Waals surface area contributed by atoms with Crippen molar-refractivity contribution in [2.75, 3.05) is 44.7 Å². The van der Waals surface area contributed by atoms with Gasteiger partial charge in [-0.3, -0.25) is 10.1 Å². The molecule has 33 heavy (non-hydrogen) atoms. The molecule has 1 aromatic heterocycles. The first-order valence-corrected chi connectivity index (χ1v) is 13.2. The third kappa shape index (κ3) is 4.10. The van der Waals surface area contributed by atoms with E-state index in [1.54, 1.807) is 17.4 Å². The molecule has 5 rings (SSSR count). The van der Waals surface area contributed by atoms with Crippen molar-refractivity contribution in [1.29, 1.82) is 0 Å². The molecular weight excluding hydrogens is 462 g/mol. The maximum Gasteiger partial charge on any atom is 0.293 e. The minimum absolute atomic E-state index is 0.0294. The number of nitrogens with zero attached hydrogens (tertiary/aromatic N) is 5. The molecule has 2 aliphatic heterocycles. The third-order valence-corrected chi connectivity index (χ3v) is 9.43. The van der Waals surface area contributed by atoms with E-state index in [2.05, 4.69) is 4.90 Å². The molecule has 0 amide bonds. The predicted octanol–water partition coefficient (Wildman–Crippen LogP) is 3.48. The van der Waals surface area contributed by atoms with Gasteiger partial charge in [0.25, 0.3) is 5.69 Å². The normalized spacial score (nSPS) is 20.5. The molecule has 0 N–H and O–H groups in total. The van der Waals surface area contributed by atoms with Crippen molar-refractivity contribution in [3.8, 4) is 0 Å². The maximum atomic E-state index is 13.1. The van der Waals surface area contributed by atoms with Crippen molar-refractivity contribution in [1.82, 2.24) is 14.2 Å². The summed E-state index contributed by atoms with van der Waals surface area (Å²) in [5.41, 5.74) is 1.18. The van der Waals surface area contributed by atoms with Gasteiger partial charge in [-0.25, -0.2) is 13.4 Å². The van der Waals surface area contributed by atoms with Crippen LogP contribution >= 0.6 is 11.3 Å². The first kappa shape index (κ1) is 22.2. The summed E-state index contributed by atoms with van der Waals surface area (Å²) in [6.45, 7) is 2.68. The summed E-state index contributed by atoms with van der Waals surface area (Å²) in [6.07, 6.45) is 1.73. The van der Waals surface area contributed by atoms with Gasteiger partial charge in [0.1, 0.15) is 10.7 Å². The number of rotatable bonds is 5. The number of hydrogen-bond donors (Lipinski definition) is 0. The van der Waals surface area contributed by atoms with E-state index in [4.69, 9.17) is 4.98 Å². The van der Waals surface area contributed by atoms with Crippen molar-refractivity contribution in [3.05, 3.63) is 57.6 Å². The average Bonchev–Trinajstić information content (AvgIpc) is 3.45. The SMILES string of the molecule is CN1CCN(S(=O)(=O)c2ccc(N3CCC[C@@H]3c3nc4ccccc4s3)c([N+](=O)[O-])c2)CC1. The summed E-state index contributed by atoms with van der Waals surface area (Å²) in [6, 6.07) is 12.2. The second kappa shape index (κ2) is 8.64. The van der Waals surface area contributed by atoms with Crippen LogP contribution in [0.25, 0.3) is 10.2 Å². The zero-order valence-corrected chi connectivity index (χ0v) is 19.9. The number of hydrogen-bond acceptors (Lipinski definition) is 8. The first-order valence-electron chi connectivity index (χ1n) is 10.9. The number of benzene rings is 2. The summed E-state index contributed by atoms with van der Waals surface area (Å²) >= 11 is 1.60. The number of likely N-dealkylation sites (N-methyl/N-ethyl adjacent to an activating group) is 1. The van der Waals surface area contributed by atoms with Crippen LogP contribution < -0.4 is 4.90 Å². The smallest absolute Gasteiger partial charge is 0.293 e. The molecule has 174 valence electrons. The van der Waals surface area contributed by atoms with Crippen LogP contribution in [-0.4, -0.2) is 67.3 Å². The number of nitro groups is 1. The fourth-order valence-electron chi connectivity index (χ4n) is 4.57. The number of aromatic nitrogens is 1. The topological polar surface area (TPSA) is 99.9 Å². The second-order valence-electron chi connectivity index (χ2n) is 8.49. The van der Waals surface area contributed by atoms with E-state index in [9.17, 15) is 18.5 Å². The molecule has 3 aromatic rings. The second-order valence-corrected chi connectivity index (χ2v) is 11.5. The molecule has 11 heteroatoms. The van der Waals surface area contributed by atoms with Crippen LogP contribution in [0.4, 0.5) is 11.4 Å². The molecule has 0 radical (unpaired) electrons. The van der Waals surface area contributed by atoms with Gasteiger partial charge >= 0.3 is 0 Å². The monoisotopic (exact) mass is 487 g/mol. The molecule has 1 atom stereocenters. The summed E-state index contributed by atoms with van der Waals surface area (Å²) in [5, 5.41) is 12.9. The quantitative estimate of drug-likeness (QED) is 0.401. The van der Waals surface area contributed by atoms with Gasteiger partial charge in [-0.15, -0.1) is 11.3 Å².